The Bertz CT molecular complexity index is 222. The first-order chi connectivity index (χ1) is 5.27. The summed E-state index contributed by atoms with van der Waals surface area (Å²) in [7, 11) is 2.12. The number of rotatable bonds is 1. The Balaban J connectivity index is 2.02. The second-order valence-corrected chi connectivity index (χ2v) is 3.79. The van der Waals surface area contributed by atoms with Crippen LogP contribution in [0.2, 0.25) is 0 Å². The molecular weight excluding hydrogens is 140 g/mol. The molecule has 0 aromatic carbocycles. The summed E-state index contributed by atoms with van der Waals surface area (Å²) in [4.78, 5) is 16.1. The second-order valence-electron chi connectivity index (χ2n) is 3.79. The maximum absolute atomic E-state index is 9.97. The van der Waals surface area contributed by atoms with E-state index in [9.17, 15) is 4.79 Å². The molecule has 0 bridgehead atoms. The van der Waals surface area contributed by atoms with E-state index in [2.05, 4.69) is 16.9 Å². The van der Waals surface area contributed by atoms with Crippen LogP contribution in [0.25, 0.3) is 0 Å². The summed E-state index contributed by atoms with van der Waals surface area (Å²) in [5, 5.41) is 0. The van der Waals surface area contributed by atoms with Gasteiger partial charge in [0.25, 0.3) is 0 Å². The third kappa shape index (κ3) is 1.01. The topological polar surface area (TPSA) is 32.7 Å². The van der Waals surface area contributed by atoms with Crippen LogP contribution in [0.15, 0.2) is 4.99 Å². The molecule has 1 aliphatic carbocycles. The summed E-state index contributed by atoms with van der Waals surface area (Å²) in [6.45, 7) is 2.27. The fourth-order valence-corrected chi connectivity index (χ4v) is 2.12. The largest absolute Gasteiger partial charge is 0.306 e. The van der Waals surface area contributed by atoms with Crippen molar-refractivity contribution in [1.82, 2.24) is 4.90 Å². The SMILES string of the molecule is CN1CCC2(CC2N=C=O)C1. The fraction of sp³-hybridized carbons (Fsp3) is 0.875. The summed E-state index contributed by atoms with van der Waals surface area (Å²) >= 11 is 0. The van der Waals surface area contributed by atoms with E-state index in [0.717, 1.165) is 19.5 Å². The lowest BCUT2D eigenvalue weighted by atomic mass is 10.1. The molecule has 11 heavy (non-hydrogen) atoms. The Labute approximate surface area is 66.1 Å². The van der Waals surface area contributed by atoms with Crippen LogP contribution in [0, 0.1) is 5.41 Å². The number of hydrogen-bond acceptors (Lipinski definition) is 3. The molecule has 0 aromatic rings. The van der Waals surface area contributed by atoms with Crippen molar-refractivity contribution in [3.63, 3.8) is 0 Å². The standard InChI is InChI=1S/C8H12N2O/c1-10-3-2-8(5-10)4-7(8)9-6-11/h7H,2-5H2,1H3. The van der Waals surface area contributed by atoms with Crippen LogP contribution < -0.4 is 0 Å². The Kier molecular flexibility index (Phi) is 1.38. The maximum atomic E-state index is 9.97. The van der Waals surface area contributed by atoms with E-state index in [1.807, 2.05) is 0 Å². The van der Waals surface area contributed by atoms with E-state index < -0.39 is 0 Å². The normalized spacial score (nSPS) is 42.5. The Hall–Kier alpha value is -0.660. The van der Waals surface area contributed by atoms with E-state index in [0.29, 0.717) is 11.5 Å². The molecule has 1 saturated heterocycles. The van der Waals surface area contributed by atoms with Crippen LogP contribution >= 0.6 is 0 Å². The zero-order valence-electron chi connectivity index (χ0n) is 6.71. The molecule has 0 amide bonds. The van der Waals surface area contributed by atoms with Gasteiger partial charge in [-0.15, -0.1) is 0 Å². The Morgan fingerprint density at radius 1 is 1.73 bits per heavy atom. The molecule has 2 aliphatic rings. The molecule has 1 aliphatic heterocycles. The van der Waals surface area contributed by atoms with E-state index in [1.165, 1.54) is 6.42 Å². The average molecular weight is 152 g/mol. The molecule has 2 unspecified atom stereocenters. The van der Waals surface area contributed by atoms with Gasteiger partial charge >= 0.3 is 0 Å². The van der Waals surface area contributed by atoms with Crippen molar-refractivity contribution in [1.29, 1.82) is 0 Å². The predicted octanol–water partition coefficient (Wildman–Crippen LogP) is 0.416. The first kappa shape index (κ1) is 7.01. The van der Waals surface area contributed by atoms with Gasteiger partial charge in [0.2, 0.25) is 6.08 Å². The molecule has 3 nitrogen and oxygen atoms in total. The first-order valence-electron chi connectivity index (χ1n) is 4.02. The third-order valence-corrected chi connectivity index (χ3v) is 2.93. The number of aliphatic imine (C=N–C) groups is 1. The van der Waals surface area contributed by atoms with Crippen molar-refractivity contribution >= 4 is 6.08 Å². The number of nitrogens with zero attached hydrogens (tertiary/aromatic N) is 2. The highest BCUT2D eigenvalue weighted by Crippen LogP contribution is 2.54. The van der Waals surface area contributed by atoms with Crippen LogP contribution in [0.5, 0.6) is 0 Å². The molecule has 2 rings (SSSR count). The molecule has 2 atom stereocenters. The molecule has 0 N–H and O–H groups in total. The third-order valence-electron chi connectivity index (χ3n) is 2.93. The van der Waals surface area contributed by atoms with Crippen LogP contribution in [-0.2, 0) is 4.79 Å². The number of likely N-dealkylation sites (tertiary alicyclic amines) is 1. The zero-order valence-corrected chi connectivity index (χ0v) is 6.71. The van der Waals surface area contributed by atoms with Gasteiger partial charge in [-0.25, -0.2) is 9.79 Å². The smallest absolute Gasteiger partial charge is 0.235 e. The quantitative estimate of drug-likeness (QED) is 0.403. The van der Waals surface area contributed by atoms with Crippen molar-refractivity contribution < 1.29 is 4.79 Å². The number of hydrogen-bond donors (Lipinski definition) is 0. The highest BCUT2D eigenvalue weighted by atomic mass is 16.1. The number of carbonyl (C=O) groups excluding carboxylic acids is 1. The monoisotopic (exact) mass is 152 g/mol. The van der Waals surface area contributed by atoms with Crippen LogP contribution in [0.1, 0.15) is 12.8 Å². The van der Waals surface area contributed by atoms with Crippen LogP contribution in [-0.4, -0.2) is 37.2 Å². The summed E-state index contributed by atoms with van der Waals surface area (Å²) in [5.41, 5.74) is 0.381. The Morgan fingerprint density at radius 2 is 2.55 bits per heavy atom. The van der Waals surface area contributed by atoms with E-state index in [1.54, 1.807) is 6.08 Å². The Morgan fingerprint density at radius 3 is 3.09 bits per heavy atom. The molecule has 1 heterocycles. The van der Waals surface area contributed by atoms with Gasteiger partial charge in [0.15, 0.2) is 0 Å². The van der Waals surface area contributed by atoms with Gasteiger partial charge in [0.05, 0.1) is 6.04 Å². The summed E-state index contributed by atoms with van der Waals surface area (Å²) in [6, 6.07) is 0.296. The van der Waals surface area contributed by atoms with E-state index in [4.69, 9.17) is 0 Å². The molecular formula is C8H12N2O. The lowest BCUT2D eigenvalue weighted by Gasteiger charge is -2.06. The molecule has 3 heteroatoms. The van der Waals surface area contributed by atoms with Crippen molar-refractivity contribution in [2.24, 2.45) is 10.4 Å². The zero-order chi connectivity index (χ0) is 7.90. The minimum absolute atomic E-state index is 0.296. The molecule has 1 spiro atoms. The molecule has 1 saturated carbocycles. The van der Waals surface area contributed by atoms with Crippen LogP contribution in [0.3, 0.4) is 0 Å². The number of isocyanates is 1. The molecule has 60 valence electrons. The van der Waals surface area contributed by atoms with E-state index in [-0.39, 0.29) is 0 Å². The summed E-state index contributed by atoms with van der Waals surface area (Å²) in [6.07, 6.45) is 3.96. The molecule has 2 fully saturated rings. The van der Waals surface area contributed by atoms with Gasteiger partial charge in [-0.1, -0.05) is 0 Å². The van der Waals surface area contributed by atoms with E-state index >= 15 is 0 Å². The van der Waals surface area contributed by atoms with Gasteiger partial charge in [0, 0.05) is 12.0 Å². The predicted molar refractivity (Wildman–Crippen MR) is 41.1 cm³/mol. The summed E-state index contributed by atoms with van der Waals surface area (Å²) in [5.74, 6) is 0. The molecule has 0 radical (unpaired) electrons. The second kappa shape index (κ2) is 2.16. The van der Waals surface area contributed by atoms with Crippen molar-refractivity contribution in [2.75, 3.05) is 20.1 Å². The fourth-order valence-electron chi connectivity index (χ4n) is 2.12. The van der Waals surface area contributed by atoms with Crippen molar-refractivity contribution in [3.05, 3.63) is 0 Å². The van der Waals surface area contributed by atoms with Gasteiger partial charge in [0.1, 0.15) is 0 Å². The highest BCUT2D eigenvalue weighted by molar-refractivity contribution is 5.36. The lowest BCUT2D eigenvalue weighted by Crippen LogP contribution is -2.15. The van der Waals surface area contributed by atoms with Gasteiger partial charge in [-0.3, -0.25) is 0 Å². The maximum Gasteiger partial charge on any atom is 0.235 e. The minimum Gasteiger partial charge on any atom is -0.306 e. The van der Waals surface area contributed by atoms with Gasteiger partial charge in [-0.05, 0) is 26.4 Å². The molecule has 0 aromatic heterocycles. The van der Waals surface area contributed by atoms with Crippen LogP contribution in [0.4, 0.5) is 0 Å². The lowest BCUT2D eigenvalue weighted by molar-refractivity contribution is 0.385. The highest BCUT2D eigenvalue weighted by Gasteiger charge is 2.57. The minimum atomic E-state index is 0.296. The first-order valence-corrected chi connectivity index (χ1v) is 4.02. The van der Waals surface area contributed by atoms with Gasteiger partial charge < -0.3 is 4.90 Å². The summed E-state index contributed by atoms with van der Waals surface area (Å²) < 4.78 is 0. The van der Waals surface area contributed by atoms with Gasteiger partial charge in [-0.2, -0.15) is 0 Å². The average Bonchev–Trinajstić information content (AvgIpc) is 2.46. The van der Waals surface area contributed by atoms with Crippen molar-refractivity contribution in [2.45, 2.75) is 18.9 Å². The van der Waals surface area contributed by atoms with Crippen molar-refractivity contribution in [3.8, 4) is 0 Å².